The van der Waals surface area contributed by atoms with E-state index < -0.39 is 0 Å². The summed E-state index contributed by atoms with van der Waals surface area (Å²) >= 11 is 0. The van der Waals surface area contributed by atoms with Gasteiger partial charge >= 0.3 is 0 Å². The molecule has 4 nitrogen and oxygen atoms in total. The van der Waals surface area contributed by atoms with E-state index in [2.05, 4.69) is 16.3 Å². The average Bonchev–Trinajstić information content (AvgIpc) is 2.90. The van der Waals surface area contributed by atoms with Gasteiger partial charge in [-0.2, -0.15) is 0 Å². The maximum absolute atomic E-state index is 13.0. The zero-order chi connectivity index (χ0) is 16.8. The lowest BCUT2D eigenvalue weighted by atomic mass is 9.94. The molecule has 1 aliphatic carbocycles. The van der Waals surface area contributed by atoms with Crippen molar-refractivity contribution in [1.82, 2.24) is 10.2 Å². The third kappa shape index (κ3) is 5.11. The molecule has 140 valence electrons. The van der Waals surface area contributed by atoms with E-state index in [1.165, 1.54) is 38.5 Å². The quantitative estimate of drug-likeness (QED) is 0.820. The Bertz CT molecular complexity index is 544. The van der Waals surface area contributed by atoms with E-state index in [4.69, 9.17) is 4.74 Å². The van der Waals surface area contributed by atoms with Crippen molar-refractivity contribution in [3.05, 3.63) is 29.8 Å². The number of methoxy groups -OCH3 is 1. The van der Waals surface area contributed by atoms with E-state index in [0.717, 1.165) is 30.9 Å². The van der Waals surface area contributed by atoms with Gasteiger partial charge in [0.05, 0.1) is 13.2 Å². The molecule has 1 aliphatic heterocycles. The fraction of sp³-hybridized carbons (Fsp3) is 0.650. The van der Waals surface area contributed by atoms with Crippen LogP contribution in [0.3, 0.4) is 0 Å². The summed E-state index contributed by atoms with van der Waals surface area (Å²) in [4.78, 5) is 15.1. The number of amides is 1. The third-order valence-electron chi connectivity index (χ3n) is 5.50. The van der Waals surface area contributed by atoms with Gasteiger partial charge in [-0.15, -0.1) is 12.4 Å². The van der Waals surface area contributed by atoms with Gasteiger partial charge in [0.15, 0.2) is 0 Å². The van der Waals surface area contributed by atoms with Gasteiger partial charge in [-0.3, -0.25) is 4.79 Å². The predicted octanol–water partition coefficient (Wildman–Crippen LogP) is 3.95. The summed E-state index contributed by atoms with van der Waals surface area (Å²) in [6, 6.07) is 8.16. The van der Waals surface area contributed by atoms with Crippen LogP contribution in [-0.2, 0) is 4.79 Å². The number of piperazine rings is 1. The summed E-state index contributed by atoms with van der Waals surface area (Å²) in [5.74, 6) is 1.77. The van der Waals surface area contributed by atoms with Gasteiger partial charge in [0.2, 0.25) is 5.91 Å². The molecule has 1 amide bonds. The first-order chi connectivity index (χ1) is 11.8. The molecular weight excluding hydrogens is 336 g/mol. The highest BCUT2D eigenvalue weighted by atomic mass is 35.5. The Labute approximate surface area is 157 Å². The Morgan fingerprint density at radius 2 is 1.92 bits per heavy atom. The number of ether oxygens (including phenoxy) is 1. The Kier molecular flexibility index (Phi) is 8.04. The second kappa shape index (κ2) is 10.0. The summed E-state index contributed by atoms with van der Waals surface area (Å²) in [6.07, 6.45) is 8.40. The highest BCUT2D eigenvalue weighted by molar-refractivity contribution is 5.85. The number of benzene rings is 1. The minimum absolute atomic E-state index is 0. The molecule has 2 aliphatic rings. The van der Waals surface area contributed by atoms with Crippen LogP contribution in [-0.4, -0.2) is 37.6 Å². The Hall–Kier alpha value is -1.26. The van der Waals surface area contributed by atoms with Gasteiger partial charge < -0.3 is 15.0 Å². The van der Waals surface area contributed by atoms with Gasteiger partial charge in [-0.05, 0) is 24.8 Å². The third-order valence-corrected chi connectivity index (χ3v) is 5.50. The van der Waals surface area contributed by atoms with E-state index in [1.54, 1.807) is 7.11 Å². The first-order valence-corrected chi connectivity index (χ1v) is 9.42. The molecule has 1 aromatic carbocycles. The maximum Gasteiger partial charge on any atom is 0.223 e. The van der Waals surface area contributed by atoms with Gasteiger partial charge in [0.1, 0.15) is 5.75 Å². The number of rotatable bonds is 4. The fourth-order valence-corrected chi connectivity index (χ4v) is 4.15. The molecule has 25 heavy (non-hydrogen) atoms. The molecule has 1 N–H and O–H groups in total. The minimum Gasteiger partial charge on any atom is -0.496 e. The molecule has 1 unspecified atom stereocenters. The average molecular weight is 367 g/mol. The Balaban J connectivity index is 0.00000225. The van der Waals surface area contributed by atoms with Crippen LogP contribution >= 0.6 is 12.4 Å². The largest absolute Gasteiger partial charge is 0.496 e. The molecule has 1 aromatic rings. The fourth-order valence-electron chi connectivity index (χ4n) is 4.15. The molecule has 0 bridgehead atoms. The van der Waals surface area contributed by atoms with E-state index in [-0.39, 0.29) is 18.4 Å². The van der Waals surface area contributed by atoms with Crippen LogP contribution in [0.1, 0.15) is 56.6 Å². The number of carbonyl (C=O) groups excluding carboxylic acids is 1. The van der Waals surface area contributed by atoms with E-state index in [0.29, 0.717) is 18.2 Å². The lowest BCUT2D eigenvalue weighted by Crippen LogP contribution is -2.49. The van der Waals surface area contributed by atoms with Gasteiger partial charge in [-0.1, -0.05) is 43.9 Å². The number of para-hydroxylation sites is 1. The molecule has 1 saturated carbocycles. The van der Waals surface area contributed by atoms with Gasteiger partial charge in [0.25, 0.3) is 0 Å². The number of nitrogens with one attached hydrogen (secondary N) is 1. The first kappa shape index (κ1) is 20.1. The second-order valence-electron chi connectivity index (χ2n) is 7.11. The van der Waals surface area contributed by atoms with Crippen LogP contribution in [0.4, 0.5) is 0 Å². The van der Waals surface area contributed by atoms with Crippen LogP contribution in [0.5, 0.6) is 5.75 Å². The minimum atomic E-state index is 0. The number of halogens is 1. The van der Waals surface area contributed by atoms with Crippen LogP contribution < -0.4 is 10.1 Å². The topological polar surface area (TPSA) is 41.6 Å². The van der Waals surface area contributed by atoms with Gasteiger partial charge in [0, 0.05) is 31.6 Å². The van der Waals surface area contributed by atoms with E-state index >= 15 is 0 Å². The zero-order valence-electron chi connectivity index (χ0n) is 15.2. The van der Waals surface area contributed by atoms with Crippen molar-refractivity contribution in [2.24, 2.45) is 5.92 Å². The highest BCUT2D eigenvalue weighted by Crippen LogP contribution is 2.32. The molecular formula is C20H31ClN2O2. The standard InChI is InChI=1S/C20H30N2O2.ClH/c1-24-19-11-7-6-10-17(19)18-15-21-12-13-22(18)20(23)14-16-8-4-2-3-5-9-16;/h6-7,10-11,16,18,21H,2-5,8-9,12-15H2,1H3;1H. The van der Waals surface area contributed by atoms with Crippen molar-refractivity contribution in [3.63, 3.8) is 0 Å². The number of carbonyl (C=O) groups is 1. The highest BCUT2D eigenvalue weighted by Gasteiger charge is 2.30. The Morgan fingerprint density at radius 1 is 1.20 bits per heavy atom. The van der Waals surface area contributed by atoms with Crippen molar-refractivity contribution < 1.29 is 9.53 Å². The summed E-state index contributed by atoms with van der Waals surface area (Å²) in [5.41, 5.74) is 1.11. The first-order valence-electron chi connectivity index (χ1n) is 9.42. The zero-order valence-corrected chi connectivity index (χ0v) is 16.0. The van der Waals surface area contributed by atoms with Crippen molar-refractivity contribution in [1.29, 1.82) is 0 Å². The van der Waals surface area contributed by atoms with Crippen LogP contribution in [0.2, 0.25) is 0 Å². The van der Waals surface area contributed by atoms with Gasteiger partial charge in [-0.25, -0.2) is 0 Å². The predicted molar refractivity (Wildman–Crippen MR) is 103 cm³/mol. The SMILES string of the molecule is COc1ccccc1C1CNCCN1C(=O)CC1CCCCCC1.Cl. The van der Waals surface area contributed by atoms with Crippen LogP contribution in [0, 0.1) is 5.92 Å². The molecule has 0 spiro atoms. The number of hydrogen-bond donors (Lipinski definition) is 1. The van der Waals surface area contributed by atoms with Crippen molar-refractivity contribution in [2.45, 2.75) is 51.0 Å². The number of hydrogen-bond acceptors (Lipinski definition) is 3. The lowest BCUT2D eigenvalue weighted by molar-refractivity contribution is -0.135. The van der Waals surface area contributed by atoms with Crippen molar-refractivity contribution in [3.8, 4) is 5.75 Å². The van der Waals surface area contributed by atoms with E-state index in [9.17, 15) is 4.79 Å². The van der Waals surface area contributed by atoms with Crippen LogP contribution in [0.15, 0.2) is 24.3 Å². The molecule has 0 aromatic heterocycles. The summed E-state index contributed by atoms with van der Waals surface area (Å²) in [7, 11) is 1.70. The summed E-state index contributed by atoms with van der Waals surface area (Å²) in [6.45, 7) is 2.47. The van der Waals surface area contributed by atoms with Crippen molar-refractivity contribution >= 4 is 18.3 Å². The molecule has 1 heterocycles. The molecule has 5 heteroatoms. The maximum atomic E-state index is 13.0. The van der Waals surface area contributed by atoms with Crippen LogP contribution in [0.25, 0.3) is 0 Å². The molecule has 3 rings (SSSR count). The lowest BCUT2D eigenvalue weighted by Gasteiger charge is -2.37. The second-order valence-corrected chi connectivity index (χ2v) is 7.11. The smallest absolute Gasteiger partial charge is 0.223 e. The number of nitrogens with zero attached hydrogens (tertiary/aromatic N) is 1. The molecule has 2 fully saturated rings. The normalized spacial score (nSPS) is 22.0. The molecule has 1 saturated heterocycles. The monoisotopic (exact) mass is 366 g/mol. The van der Waals surface area contributed by atoms with Crippen molar-refractivity contribution in [2.75, 3.05) is 26.7 Å². The van der Waals surface area contributed by atoms with E-state index in [1.807, 2.05) is 18.2 Å². The molecule has 1 atom stereocenters. The Morgan fingerprint density at radius 3 is 2.64 bits per heavy atom. The molecule has 0 radical (unpaired) electrons. The summed E-state index contributed by atoms with van der Waals surface area (Å²) < 4.78 is 5.53. The summed E-state index contributed by atoms with van der Waals surface area (Å²) in [5, 5.41) is 3.43.